The molecule has 0 aliphatic heterocycles. The maximum absolute atomic E-state index is 12.5. The summed E-state index contributed by atoms with van der Waals surface area (Å²) in [5, 5.41) is 2.71. The molecular formula is C24H39NO4. The highest BCUT2D eigenvalue weighted by molar-refractivity contribution is 5.81. The van der Waals surface area contributed by atoms with Crippen LogP contribution in [0.25, 0.3) is 0 Å². The Kier molecular flexibility index (Phi) is 8.73. The van der Waals surface area contributed by atoms with Gasteiger partial charge in [0.2, 0.25) is 0 Å². The van der Waals surface area contributed by atoms with Crippen LogP contribution in [0.5, 0.6) is 0 Å². The first-order valence-electron chi connectivity index (χ1n) is 10.5. The Labute approximate surface area is 176 Å². The van der Waals surface area contributed by atoms with Crippen LogP contribution in [0.1, 0.15) is 85.8 Å². The molecule has 0 aromatic heterocycles. The minimum absolute atomic E-state index is 0.0809. The second kappa shape index (κ2) is 10.1. The van der Waals surface area contributed by atoms with Crippen molar-refractivity contribution in [2.45, 2.75) is 91.7 Å². The SMILES string of the molecule is CCOC(=O)C(CC(c1ccc(C(C)(C)C)cc1)C(C)C)NC(=O)OC(C)(C)C. The number of rotatable bonds is 7. The van der Waals surface area contributed by atoms with Crippen LogP contribution in [0.3, 0.4) is 0 Å². The van der Waals surface area contributed by atoms with E-state index in [4.69, 9.17) is 9.47 Å². The second-order valence-electron chi connectivity index (χ2n) is 9.91. The molecule has 1 aromatic rings. The topological polar surface area (TPSA) is 64.6 Å². The lowest BCUT2D eigenvalue weighted by molar-refractivity contribution is -0.146. The van der Waals surface area contributed by atoms with Crippen molar-refractivity contribution in [1.82, 2.24) is 5.32 Å². The Morgan fingerprint density at radius 1 is 1.00 bits per heavy atom. The molecule has 0 bridgehead atoms. The number of benzene rings is 1. The van der Waals surface area contributed by atoms with Crippen molar-refractivity contribution in [2.24, 2.45) is 5.92 Å². The van der Waals surface area contributed by atoms with Crippen LogP contribution in [0.4, 0.5) is 4.79 Å². The fourth-order valence-electron chi connectivity index (χ4n) is 3.18. The number of esters is 1. The molecule has 0 aliphatic rings. The van der Waals surface area contributed by atoms with Gasteiger partial charge in [0, 0.05) is 0 Å². The minimum atomic E-state index is -0.764. The van der Waals surface area contributed by atoms with Crippen LogP contribution < -0.4 is 5.32 Å². The summed E-state index contributed by atoms with van der Waals surface area (Å²) in [5.74, 6) is -0.0588. The Morgan fingerprint density at radius 2 is 1.55 bits per heavy atom. The van der Waals surface area contributed by atoms with Crippen molar-refractivity contribution in [3.8, 4) is 0 Å². The summed E-state index contributed by atoms with van der Waals surface area (Å²) in [6.07, 6.45) is -0.161. The van der Waals surface area contributed by atoms with Gasteiger partial charge < -0.3 is 14.8 Å². The lowest BCUT2D eigenvalue weighted by atomic mass is 9.81. The van der Waals surface area contributed by atoms with Crippen LogP contribution in [-0.4, -0.2) is 30.3 Å². The van der Waals surface area contributed by atoms with Gasteiger partial charge in [-0.1, -0.05) is 58.9 Å². The number of hydrogen-bond acceptors (Lipinski definition) is 4. The Balaban J connectivity index is 3.07. The first kappa shape index (κ1) is 25.0. The number of nitrogens with one attached hydrogen (secondary N) is 1. The van der Waals surface area contributed by atoms with E-state index < -0.39 is 23.7 Å². The number of hydrogen-bond donors (Lipinski definition) is 1. The molecule has 5 heteroatoms. The lowest BCUT2D eigenvalue weighted by Crippen LogP contribution is -2.45. The Hall–Kier alpha value is -2.04. The quantitative estimate of drug-likeness (QED) is 0.602. The summed E-state index contributed by atoms with van der Waals surface area (Å²) >= 11 is 0. The van der Waals surface area contributed by atoms with Gasteiger partial charge in [-0.3, -0.25) is 0 Å². The van der Waals surface area contributed by atoms with Gasteiger partial charge in [0.05, 0.1) is 6.61 Å². The summed E-state index contributed by atoms with van der Waals surface area (Å²) in [4.78, 5) is 24.8. The number of ether oxygens (including phenoxy) is 2. The number of carbonyl (C=O) groups excluding carboxylic acids is 2. The van der Waals surface area contributed by atoms with Crippen LogP contribution in [0.15, 0.2) is 24.3 Å². The molecule has 0 saturated carbocycles. The standard InChI is InChI=1S/C24H39NO4/c1-10-28-21(26)20(25-22(27)29-24(7,8)9)15-19(16(2)3)17-11-13-18(14-12-17)23(4,5)6/h11-14,16,19-20H,10,15H2,1-9H3,(H,25,27). The number of alkyl carbamates (subject to hydrolysis) is 1. The maximum atomic E-state index is 12.5. The average Bonchev–Trinajstić information content (AvgIpc) is 2.56. The van der Waals surface area contributed by atoms with E-state index >= 15 is 0 Å². The molecule has 2 unspecified atom stereocenters. The largest absolute Gasteiger partial charge is 0.464 e. The third-order valence-electron chi connectivity index (χ3n) is 4.76. The van der Waals surface area contributed by atoms with E-state index in [2.05, 4.69) is 64.2 Å². The predicted molar refractivity (Wildman–Crippen MR) is 117 cm³/mol. The summed E-state index contributed by atoms with van der Waals surface area (Å²) in [7, 11) is 0. The van der Waals surface area contributed by atoms with Crippen molar-refractivity contribution >= 4 is 12.1 Å². The zero-order valence-electron chi connectivity index (χ0n) is 19.6. The van der Waals surface area contributed by atoms with Crippen LogP contribution in [-0.2, 0) is 19.7 Å². The smallest absolute Gasteiger partial charge is 0.408 e. The fraction of sp³-hybridized carbons (Fsp3) is 0.667. The summed E-state index contributed by atoms with van der Waals surface area (Å²) in [5.41, 5.74) is 1.85. The molecule has 0 aliphatic carbocycles. The number of carbonyl (C=O) groups is 2. The zero-order chi connectivity index (χ0) is 22.4. The number of amides is 1. The Morgan fingerprint density at radius 3 is 1.97 bits per heavy atom. The van der Waals surface area contributed by atoms with Gasteiger partial charge in [-0.2, -0.15) is 0 Å². The van der Waals surface area contributed by atoms with E-state index in [0.29, 0.717) is 6.42 Å². The van der Waals surface area contributed by atoms with Crippen LogP contribution >= 0.6 is 0 Å². The highest BCUT2D eigenvalue weighted by Crippen LogP contribution is 2.31. The third-order valence-corrected chi connectivity index (χ3v) is 4.76. The molecule has 0 radical (unpaired) electrons. The van der Waals surface area contributed by atoms with Crippen molar-refractivity contribution in [3.63, 3.8) is 0 Å². The molecule has 0 heterocycles. The third kappa shape index (κ3) is 8.46. The van der Waals surface area contributed by atoms with E-state index in [1.807, 2.05) is 0 Å². The monoisotopic (exact) mass is 405 g/mol. The van der Waals surface area contributed by atoms with Gasteiger partial charge in [0.1, 0.15) is 11.6 Å². The highest BCUT2D eigenvalue weighted by Gasteiger charge is 2.30. The first-order valence-corrected chi connectivity index (χ1v) is 10.5. The van der Waals surface area contributed by atoms with E-state index in [-0.39, 0.29) is 23.9 Å². The van der Waals surface area contributed by atoms with Crippen molar-refractivity contribution < 1.29 is 19.1 Å². The molecule has 164 valence electrons. The molecule has 0 saturated heterocycles. The van der Waals surface area contributed by atoms with Gasteiger partial charge in [0.15, 0.2) is 0 Å². The minimum Gasteiger partial charge on any atom is -0.464 e. The molecule has 1 aromatic carbocycles. The molecule has 1 amide bonds. The van der Waals surface area contributed by atoms with E-state index in [1.165, 1.54) is 5.56 Å². The average molecular weight is 406 g/mol. The molecule has 1 rings (SSSR count). The van der Waals surface area contributed by atoms with Crippen molar-refractivity contribution in [3.05, 3.63) is 35.4 Å². The normalized spacial score (nSPS) is 14.3. The molecule has 0 spiro atoms. The maximum Gasteiger partial charge on any atom is 0.408 e. The van der Waals surface area contributed by atoms with Crippen LogP contribution in [0.2, 0.25) is 0 Å². The molecule has 2 atom stereocenters. The highest BCUT2D eigenvalue weighted by atomic mass is 16.6. The fourth-order valence-corrected chi connectivity index (χ4v) is 3.18. The van der Waals surface area contributed by atoms with E-state index in [9.17, 15) is 9.59 Å². The van der Waals surface area contributed by atoms with Crippen LogP contribution in [0, 0.1) is 5.92 Å². The lowest BCUT2D eigenvalue weighted by Gasteiger charge is -2.28. The summed E-state index contributed by atoms with van der Waals surface area (Å²) in [6, 6.07) is 7.78. The van der Waals surface area contributed by atoms with Gasteiger partial charge in [0.25, 0.3) is 0 Å². The second-order valence-corrected chi connectivity index (χ2v) is 9.91. The van der Waals surface area contributed by atoms with Gasteiger partial charge >= 0.3 is 12.1 Å². The van der Waals surface area contributed by atoms with E-state index in [1.54, 1.807) is 27.7 Å². The predicted octanol–water partition coefficient (Wildman–Crippen LogP) is 5.57. The Bertz CT molecular complexity index is 666. The molecule has 0 fully saturated rings. The van der Waals surface area contributed by atoms with Gasteiger partial charge in [-0.05, 0) is 62.5 Å². The summed E-state index contributed by atoms with van der Waals surface area (Å²) in [6.45, 7) is 18.2. The summed E-state index contributed by atoms with van der Waals surface area (Å²) < 4.78 is 10.5. The van der Waals surface area contributed by atoms with Crippen molar-refractivity contribution in [1.29, 1.82) is 0 Å². The molecule has 29 heavy (non-hydrogen) atoms. The van der Waals surface area contributed by atoms with Gasteiger partial charge in [-0.15, -0.1) is 0 Å². The molecule has 5 nitrogen and oxygen atoms in total. The molecular weight excluding hydrogens is 366 g/mol. The first-order chi connectivity index (χ1) is 13.2. The van der Waals surface area contributed by atoms with Crippen molar-refractivity contribution in [2.75, 3.05) is 6.61 Å². The zero-order valence-corrected chi connectivity index (χ0v) is 19.6. The van der Waals surface area contributed by atoms with Gasteiger partial charge in [-0.25, -0.2) is 9.59 Å². The molecule has 1 N–H and O–H groups in total. The van der Waals surface area contributed by atoms with E-state index in [0.717, 1.165) is 5.56 Å².